The Morgan fingerprint density at radius 1 is 0.157 bits per heavy atom. The molecule has 0 amide bonds. The fourth-order valence-electron chi connectivity index (χ4n) is 15.7. The molecule has 3 aliphatic carbocycles. The van der Waals surface area contributed by atoms with E-state index in [4.69, 9.17) is 0 Å². The quantitative estimate of drug-likeness (QED) is 0.142. The molecule has 3 aliphatic rings. The van der Waals surface area contributed by atoms with Crippen LogP contribution in [0.4, 0.5) is 0 Å². The van der Waals surface area contributed by atoms with E-state index in [2.05, 4.69) is 333 Å². The van der Waals surface area contributed by atoms with Crippen LogP contribution in [0.15, 0.2) is 291 Å². The van der Waals surface area contributed by atoms with Gasteiger partial charge in [-0.25, -0.2) is 0 Å². The molecule has 0 unspecified atom stereocenters. The molecule has 0 radical (unpaired) electrons. The molecule has 14 aromatic carbocycles. The molecule has 0 fully saturated rings. The summed E-state index contributed by atoms with van der Waals surface area (Å²) in [5.74, 6) is 0. The minimum Gasteiger partial charge on any atom is -0.0616 e. The van der Waals surface area contributed by atoms with Crippen LogP contribution >= 0.6 is 0 Å². The van der Waals surface area contributed by atoms with Gasteiger partial charge in [0, 0.05) is 16.2 Å². The van der Waals surface area contributed by atoms with Crippen LogP contribution in [0.5, 0.6) is 0 Å². The first-order valence-corrected chi connectivity index (χ1v) is 31.6. The van der Waals surface area contributed by atoms with Gasteiger partial charge >= 0.3 is 0 Å². The summed E-state index contributed by atoms with van der Waals surface area (Å²) in [7, 11) is 0. The fraction of sp³-hybridized carbons (Fsp3) is 0.101. The van der Waals surface area contributed by atoms with E-state index in [1.165, 1.54) is 177 Å². The number of benzene rings is 14. The average Bonchev–Trinajstić information content (AvgIpc) is 1.70. The van der Waals surface area contributed by atoms with Gasteiger partial charge in [0.25, 0.3) is 0 Å². The van der Waals surface area contributed by atoms with Crippen LogP contribution < -0.4 is 0 Å². The van der Waals surface area contributed by atoms with Gasteiger partial charge in [-0.2, -0.15) is 0 Å². The molecule has 0 nitrogen and oxygen atoms in total. The minimum atomic E-state index is -0.182. The Morgan fingerprint density at radius 3 is 0.663 bits per heavy atom. The van der Waals surface area contributed by atoms with Crippen LogP contribution in [-0.2, 0) is 16.2 Å². The maximum absolute atomic E-state index is 2.48. The number of rotatable bonds is 8. The third-order valence-corrected chi connectivity index (χ3v) is 20.7. The number of hydrogen-bond donors (Lipinski definition) is 0. The van der Waals surface area contributed by atoms with Gasteiger partial charge in [-0.05, 0) is 226 Å². The lowest BCUT2D eigenvalue weighted by Gasteiger charge is -2.24. The fourth-order valence-corrected chi connectivity index (χ4v) is 15.7. The number of hydrogen-bond acceptors (Lipinski definition) is 0. The minimum absolute atomic E-state index is 0.172. The van der Waals surface area contributed by atoms with Crippen molar-refractivity contribution >= 4 is 21.5 Å². The van der Waals surface area contributed by atoms with E-state index >= 15 is 0 Å². The standard InChI is InChI=1S/C89H66/c1-87(2)81-49-65(63-21-11-19-61(47-63)55-27-31-59(32-28-55)73-25-13-17-57-15-7-9-23-71(57)73)35-41-75(81)77-43-37-67(51-83(77)87)69-39-45-79-80-46-40-70(54-86(80)89(5,6)85(79)53-69)68-38-44-78-76-42-36-66(50-82(76)88(3,4)84(78)52-68)64-22-12-20-62(48-64)56-29-33-60(34-30-56)74-26-14-18-58-16-8-10-24-72(58)74/h7-54H,1-6H3. The third-order valence-electron chi connectivity index (χ3n) is 20.7. The van der Waals surface area contributed by atoms with Crippen LogP contribution in [0.25, 0.3) is 144 Å². The van der Waals surface area contributed by atoms with Crippen molar-refractivity contribution < 1.29 is 0 Å². The van der Waals surface area contributed by atoms with Crippen LogP contribution in [0.2, 0.25) is 0 Å². The molecule has 0 spiro atoms. The Morgan fingerprint density at radius 2 is 0.371 bits per heavy atom. The van der Waals surface area contributed by atoms with E-state index in [9.17, 15) is 0 Å². The van der Waals surface area contributed by atoms with Crippen molar-refractivity contribution in [3.05, 3.63) is 325 Å². The Hall–Kier alpha value is -10.4. The molecule has 14 aromatic rings. The highest BCUT2D eigenvalue weighted by molar-refractivity contribution is 5.99. The monoisotopic (exact) mass is 1130 g/mol. The summed E-state index contributed by atoms with van der Waals surface area (Å²) in [5.41, 5.74) is 35.7. The lowest BCUT2D eigenvalue weighted by atomic mass is 9.79. The summed E-state index contributed by atoms with van der Waals surface area (Å²) >= 11 is 0. The van der Waals surface area contributed by atoms with Gasteiger partial charge in [0.05, 0.1) is 0 Å². The summed E-state index contributed by atoms with van der Waals surface area (Å²) in [4.78, 5) is 0. The molecule has 0 N–H and O–H groups in total. The summed E-state index contributed by atoms with van der Waals surface area (Å²) in [6.07, 6.45) is 0. The van der Waals surface area contributed by atoms with Crippen LogP contribution in [-0.4, -0.2) is 0 Å². The second-order valence-corrected chi connectivity index (χ2v) is 26.8. The van der Waals surface area contributed by atoms with E-state index in [0.29, 0.717) is 0 Å². The first-order valence-electron chi connectivity index (χ1n) is 31.6. The second kappa shape index (κ2) is 19.8. The van der Waals surface area contributed by atoms with Crippen molar-refractivity contribution in [1.82, 2.24) is 0 Å². The smallest absolute Gasteiger partial charge is 0.0159 e. The molecule has 0 aromatic heterocycles. The summed E-state index contributed by atoms with van der Waals surface area (Å²) in [6.45, 7) is 14.5. The molecule has 0 atom stereocenters. The van der Waals surface area contributed by atoms with Crippen LogP contribution in [0, 0.1) is 0 Å². The van der Waals surface area contributed by atoms with Crippen molar-refractivity contribution in [2.24, 2.45) is 0 Å². The molecule has 89 heavy (non-hydrogen) atoms. The zero-order chi connectivity index (χ0) is 59.9. The predicted molar refractivity (Wildman–Crippen MR) is 378 cm³/mol. The molecule has 0 saturated heterocycles. The van der Waals surface area contributed by atoms with E-state index in [1.54, 1.807) is 0 Å². The third kappa shape index (κ3) is 8.41. The molecular formula is C89H66. The van der Waals surface area contributed by atoms with Crippen molar-refractivity contribution in [1.29, 1.82) is 0 Å². The molecule has 0 heterocycles. The zero-order valence-corrected chi connectivity index (χ0v) is 51.2. The van der Waals surface area contributed by atoms with Gasteiger partial charge in [-0.3, -0.25) is 0 Å². The van der Waals surface area contributed by atoms with E-state index in [1.807, 2.05) is 0 Å². The molecule has 0 bridgehead atoms. The largest absolute Gasteiger partial charge is 0.0616 e. The Balaban J connectivity index is 0.611. The first-order chi connectivity index (χ1) is 43.3. The predicted octanol–water partition coefficient (Wildman–Crippen LogP) is 24.2. The van der Waals surface area contributed by atoms with Gasteiger partial charge in [0.1, 0.15) is 0 Å². The SMILES string of the molecule is CC1(C)c2cc(-c3cccc(-c4ccc(-c5cccc6ccccc56)cc4)c3)ccc2-c2ccc(-c3ccc4c(c3)C(C)(C)c3cc(-c5ccc6c(c5)C(C)(C)c5cc(-c7cccc(-c8ccc(-c9cccc%10ccccc9%10)cc8)c7)ccc5-6)ccc3-4)cc21. The van der Waals surface area contributed by atoms with Gasteiger partial charge in [0.2, 0.25) is 0 Å². The molecule has 17 rings (SSSR count). The Kier molecular flexibility index (Phi) is 11.8. The van der Waals surface area contributed by atoms with Crippen molar-refractivity contribution in [3.63, 3.8) is 0 Å². The maximum atomic E-state index is 2.48. The van der Waals surface area contributed by atoms with E-state index in [0.717, 1.165) is 0 Å². The second-order valence-electron chi connectivity index (χ2n) is 26.8. The zero-order valence-electron chi connectivity index (χ0n) is 51.2. The van der Waals surface area contributed by atoms with Gasteiger partial charge in [0.15, 0.2) is 0 Å². The van der Waals surface area contributed by atoms with Gasteiger partial charge in [-0.1, -0.05) is 284 Å². The Bertz CT molecular complexity index is 4910. The lowest BCUT2D eigenvalue weighted by molar-refractivity contribution is 0.659. The normalized spacial score (nSPS) is 14.2. The number of fused-ring (bicyclic) bond motifs is 11. The molecule has 0 saturated carbocycles. The van der Waals surface area contributed by atoms with Gasteiger partial charge < -0.3 is 0 Å². The average molecular weight is 1140 g/mol. The highest BCUT2D eigenvalue weighted by Crippen LogP contribution is 2.55. The van der Waals surface area contributed by atoms with Crippen molar-refractivity contribution in [2.75, 3.05) is 0 Å². The molecular weight excluding hydrogens is 1070 g/mol. The maximum Gasteiger partial charge on any atom is 0.0159 e. The van der Waals surface area contributed by atoms with E-state index < -0.39 is 0 Å². The van der Waals surface area contributed by atoms with E-state index in [-0.39, 0.29) is 16.2 Å². The Labute approximate surface area is 523 Å². The topological polar surface area (TPSA) is 0 Å². The van der Waals surface area contributed by atoms with Gasteiger partial charge in [-0.15, -0.1) is 0 Å². The molecule has 0 heteroatoms. The molecule has 422 valence electrons. The van der Waals surface area contributed by atoms with Crippen molar-refractivity contribution in [2.45, 2.75) is 57.8 Å². The van der Waals surface area contributed by atoms with Crippen LogP contribution in [0.3, 0.4) is 0 Å². The first kappa shape index (κ1) is 52.9. The summed E-state index contributed by atoms with van der Waals surface area (Å²) in [6, 6.07) is 110. The lowest BCUT2D eigenvalue weighted by Crippen LogP contribution is -2.16. The highest BCUT2D eigenvalue weighted by atomic mass is 14.4. The summed E-state index contributed by atoms with van der Waals surface area (Å²) < 4.78 is 0. The van der Waals surface area contributed by atoms with Crippen molar-refractivity contribution in [3.8, 4) is 122 Å². The highest BCUT2D eigenvalue weighted by Gasteiger charge is 2.39. The molecule has 0 aliphatic heterocycles. The van der Waals surface area contributed by atoms with Crippen LogP contribution in [0.1, 0.15) is 74.9 Å². The summed E-state index contributed by atoms with van der Waals surface area (Å²) in [5, 5.41) is 5.09.